The summed E-state index contributed by atoms with van der Waals surface area (Å²) < 4.78 is 0. The second-order valence-corrected chi connectivity index (χ2v) is 7.11. The maximum Gasteiger partial charge on any atom is 0.235 e. The maximum absolute atomic E-state index is 13.0. The van der Waals surface area contributed by atoms with Gasteiger partial charge in [-0.2, -0.15) is 0 Å². The highest BCUT2D eigenvalue weighted by Crippen LogP contribution is 2.41. The minimum absolute atomic E-state index is 0.128. The first-order valence-electron chi connectivity index (χ1n) is 7.91. The topological polar surface area (TPSA) is 75.4 Å². The molecule has 1 saturated carbocycles. The number of carbonyl (C=O) groups excluding carboxylic acids is 2. The molecule has 0 aromatic heterocycles. The monoisotopic (exact) mass is 309 g/mol. The molecule has 5 nitrogen and oxygen atoms in total. The van der Waals surface area contributed by atoms with Crippen molar-refractivity contribution in [1.82, 2.24) is 10.2 Å². The van der Waals surface area contributed by atoms with E-state index in [4.69, 9.17) is 18.0 Å². The summed E-state index contributed by atoms with van der Waals surface area (Å²) in [6, 6.07) is 0.236. The van der Waals surface area contributed by atoms with E-state index in [0.717, 1.165) is 45.1 Å². The van der Waals surface area contributed by atoms with Crippen LogP contribution in [0.1, 0.15) is 44.9 Å². The molecule has 3 rings (SSSR count). The van der Waals surface area contributed by atoms with Gasteiger partial charge in [-0.25, -0.2) is 0 Å². The Morgan fingerprint density at radius 2 is 2.05 bits per heavy atom. The fraction of sp³-hybridized carbons (Fsp3) is 0.800. The van der Waals surface area contributed by atoms with Gasteiger partial charge in [-0.1, -0.05) is 25.1 Å². The highest BCUT2D eigenvalue weighted by molar-refractivity contribution is 7.80. The number of hydrogen-bond donors (Lipinski definition) is 2. The molecule has 0 bridgehead atoms. The smallest absolute Gasteiger partial charge is 0.235 e. The molecule has 1 aliphatic carbocycles. The lowest BCUT2D eigenvalue weighted by Gasteiger charge is -2.44. The molecule has 3 aliphatic rings. The van der Waals surface area contributed by atoms with Crippen LogP contribution in [-0.4, -0.2) is 40.8 Å². The Labute approximate surface area is 130 Å². The van der Waals surface area contributed by atoms with Crippen LogP contribution in [0, 0.1) is 11.3 Å². The van der Waals surface area contributed by atoms with Crippen LogP contribution in [0.25, 0.3) is 0 Å². The van der Waals surface area contributed by atoms with Crippen molar-refractivity contribution in [1.29, 1.82) is 0 Å². The molecule has 2 atom stereocenters. The Morgan fingerprint density at radius 3 is 2.71 bits per heavy atom. The SMILES string of the molecule is NC(=S)C1(C(=O)N2CCC3NC(=O)CCC3C2)CCCC1. The summed E-state index contributed by atoms with van der Waals surface area (Å²) in [7, 11) is 0. The van der Waals surface area contributed by atoms with E-state index < -0.39 is 5.41 Å². The quantitative estimate of drug-likeness (QED) is 0.745. The Kier molecular flexibility index (Phi) is 3.90. The first-order valence-corrected chi connectivity index (χ1v) is 8.32. The van der Waals surface area contributed by atoms with Crippen LogP contribution in [0.5, 0.6) is 0 Å². The van der Waals surface area contributed by atoms with Crippen LogP contribution in [0.2, 0.25) is 0 Å². The van der Waals surface area contributed by atoms with Gasteiger partial charge in [-0.3, -0.25) is 9.59 Å². The Morgan fingerprint density at radius 1 is 1.33 bits per heavy atom. The first-order chi connectivity index (χ1) is 10.0. The van der Waals surface area contributed by atoms with E-state index in [1.165, 1.54) is 0 Å². The van der Waals surface area contributed by atoms with E-state index in [-0.39, 0.29) is 17.9 Å². The van der Waals surface area contributed by atoms with Gasteiger partial charge in [0.1, 0.15) is 0 Å². The fourth-order valence-electron chi connectivity index (χ4n) is 4.14. The van der Waals surface area contributed by atoms with E-state index in [2.05, 4.69) is 5.32 Å². The van der Waals surface area contributed by atoms with Gasteiger partial charge in [0.25, 0.3) is 0 Å². The average Bonchev–Trinajstić information content (AvgIpc) is 2.96. The van der Waals surface area contributed by atoms with Crippen molar-refractivity contribution >= 4 is 29.0 Å². The number of nitrogens with two attached hydrogens (primary N) is 1. The number of nitrogens with one attached hydrogen (secondary N) is 1. The normalized spacial score (nSPS) is 31.4. The zero-order valence-electron chi connectivity index (χ0n) is 12.3. The van der Waals surface area contributed by atoms with Gasteiger partial charge in [-0.05, 0) is 31.6 Å². The van der Waals surface area contributed by atoms with E-state index >= 15 is 0 Å². The average molecular weight is 309 g/mol. The van der Waals surface area contributed by atoms with Crippen molar-refractivity contribution in [3.63, 3.8) is 0 Å². The molecule has 2 amide bonds. The Balaban J connectivity index is 1.71. The second kappa shape index (κ2) is 5.55. The van der Waals surface area contributed by atoms with Crippen LogP contribution < -0.4 is 11.1 Å². The summed E-state index contributed by atoms with van der Waals surface area (Å²) in [4.78, 5) is 26.7. The van der Waals surface area contributed by atoms with Gasteiger partial charge >= 0.3 is 0 Å². The van der Waals surface area contributed by atoms with Crippen molar-refractivity contribution in [3.8, 4) is 0 Å². The number of piperidine rings is 2. The predicted molar refractivity (Wildman–Crippen MR) is 83.5 cm³/mol. The third-order valence-electron chi connectivity index (χ3n) is 5.45. The molecule has 2 unspecified atom stereocenters. The van der Waals surface area contributed by atoms with Gasteiger partial charge in [0.15, 0.2) is 0 Å². The van der Waals surface area contributed by atoms with Gasteiger partial charge in [-0.15, -0.1) is 0 Å². The standard InChI is InChI=1S/C15H23N3O2S/c16-13(21)15(6-1-2-7-15)14(20)18-8-5-11-10(9-18)3-4-12(19)17-11/h10-11H,1-9H2,(H2,16,21)(H,17,19). The van der Waals surface area contributed by atoms with E-state index in [1.807, 2.05) is 4.90 Å². The third-order valence-corrected chi connectivity index (χ3v) is 5.84. The molecule has 2 saturated heterocycles. The number of fused-ring (bicyclic) bond motifs is 1. The van der Waals surface area contributed by atoms with Gasteiger partial charge in [0.2, 0.25) is 11.8 Å². The number of carbonyl (C=O) groups is 2. The highest BCUT2D eigenvalue weighted by atomic mass is 32.1. The van der Waals surface area contributed by atoms with Crippen LogP contribution in [0.4, 0.5) is 0 Å². The summed E-state index contributed by atoms with van der Waals surface area (Å²) in [6.07, 6.45) is 5.93. The second-order valence-electron chi connectivity index (χ2n) is 6.67. The maximum atomic E-state index is 13.0. The molecule has 6 heteroatoms. The molecular weight excluding hydrogens is 286 g/mol. The van der Waals surface area contributed by atoms with Crippen molar-refractivity contribution < 1.29 is 9.59 Å². The molecule has 0 aromatic rings. The first kappa shape index (κ1) is 14.8. The number of rotatable bonds is 2. The Bertz CT molecular complexity index is 474. The van der Waals surface area contributed by atoms with Gasteiger partial charge in [0.05, 0.1) is 10.4 Å². The summed E-state index contributed by atoms with van der Waals surface area (Å²) in [5, 5.41) is 3.05. The number of thiocarbonyl (C=S) groups is 1. The molecule has 0 spiro atoms. The van der Waals surface area contributed by atoms with Gasteiger partial charge < -0.3 is 16.0 Å². The summed E-state index contributed by atoms with van der Waals surface area (Å²) in [6.45, 7) is 1.43. The fourth-order valence-corrected chi connectivity index (χ4v) is 4.43. The number of amides is 2. The van der Waals surface area contributed by atoms with E-state index in [1.54, 1.807) is 0 Å². The van der Waals surface area contributed by atoms with Crippen LogP contribution >= 0.6 is 12.2 Å². The Hall–Kier alpha value is -1.17. The molecule has 116 valence electrons. The molecule has 0 aromatic carbocycles. The molecule has 21 heavy (non-hydrogen) atoms. The molecule has 3 fully saturated rings. The number of nitrogens with zero attached hydrogens (tertiary/aromatic N) is 1. The van der Waals surface area contributed by atoms with Crippen molar-refractivity contribution in [2.75, 3.05) is 13.1 Å². The van der Waals surface area contributed by atoms with Gasteiger partial charge in [0, 0.05) is 25.6 Å². The third kappa shape index (κ3) is 2.54. The number of likely N-dealkylation sites (tertiary alicyclic amines) is 1. The van der Waals surface area contributed by atoms with Crippen LogP contribution in [-0.2, 0) is 9.59 Å². The summed E-state index contributed by atoms with van der Waals surface area (Å²) >= 11 is 5.22. The minimum atomic E-state index is -0.597. The lowest BCUT2D eigenvalue weighted by Crippen LogP contribution is -2.58. The van der Waals surface area contributed by atoms with E-state index in [0.29, 0.717) is 23.9 Å². The lowest BCUT2D eigenvalue weighted by atomic mass is 9.81. The summed E-state index contributed by atoms with van der Waals surface area (Å²) in [5.74, 6) is 0.652. The van der Waals surface area contributed by atoms with Crippen molar-refractivity contribution in [2.45, 2.75) is 51.0 Å². The van der Waals surface area contributed by atoms with Crippen molar-refractivity contribution in [3.05, 3.63) is 0 Å². The molecular formula is C15H23N3O2S. The highest BCUT2D eigenvalue weighted by Gasteiger charge is 2.47. The molecule has 0 radical (unpaired) electrons. The number of hydrogen-bond acceptors (Lipinski definition) is 3. The van der Waals surface area contributed by atoms with Crippen molar-refractivity contribution in [2.24, 2.45) is 17.1 Å². The molecule has 3 N–H and O–H groups in total. The molecule has 2 heterocycles. The van der Waals surface area contributed by atoms with Crippen LogP contribution in [0.15, 0.2) is 0 Å². The zero-order chi connectivity index (χ0) is 15.0. The largest absolute Gasteiger partial charge is 0.392 e. The lowest BCUT2D eigenvalue weighted by molar-refractivity contribution is -0.141. The van der Waals surface area contributed by atoms with E-state index in [9.17, 15) is 9.59 Å². The zero-order valence-corrected chi connectivity index (χ0v) is 13.1. The van der Waals surface area contributed by atoms with Crippen LogP contribution in [0.3, 0.4) is 0 Å². The minimum Gasteiger partial charge on any atom is -0.392 e. The molecule has 2 aliphatic heterocycles. The predicted octanol–water partition coefficient (Wildman–Crippen LogP) is 0.960. The summed E-state index contributed by atoms with van der Waals surface area (Å²) in [5.41, 5.74) is 5.32.